The summed E-state index contributed by atoms with van der Waals surface area (Å²) >= 11 is 0. The van der Waals surface area contributed by atoms with Crippen LogP contribution in [0.15, 0.2) is 115 Å². The Morgan fingerprint density at radius 1 is 0.784 bits per heavy atom. The van der Waals surface area contributed by atoms with E-state index in [-0.39, 0.29) is 17.9 Å². The van der Waals surface area contributed by atoms with Gasteiger partial charge in [-0.1, -0.05) is 72.8 Å². The van der Waals surface area contributed by atoms with Crippen LogP contribution in [0.25, 0.3) is 5.76 Å². The van der Waals surface area contributed by atoms with Gasteiger partial charge in [-0.25, -0.2) is 0 Å². The molecule has 0 radical (unpaired) electrons. The second-order valence-electron chi connectivity index (χ2n) is 8.63. The molecule has 0 aliphatic carbocycles. The van der Waals surface area contributed by atoms with Crippen molar-refractivity contribution in [2.45, 2.75) is 12.6 Å². The summed E-state index contributed by atoms with van der Waals surface area (Å²) in [5.74, 6) is 0.0672. The molecular weight excluding hydrogens is 466 g/mol. The second kappa shape index (κ2) is 10.4. The number of benzene rings is 4. The number of methoxy groups -OCH3 is 1. The van der Waals surface area contributed by atoms with Gasteiger partial charge in [0.1, 0.15) is 23.0 Å². The SMILES string of the molecule is COc1cccc(C(O)=C2C(=O)C(=O)N(Cc3ccccc3)C2c2cccc(Oc3ccccc3)c2)c1. The molecule has 1 atom stereocenters. The lowest BCUT2D eigenvalue weighted by Gasteiger charge is -2.26. The van der Waals surface area contributed by atoms with Crippen LogP contribution in [0.2, 0.25) is 0 Å². The first-order chi connectivity index (χ1) is 18.0. The van der Waals surface area contributed by atoms with Crippen LogP contribution >= 0.6 is 0 Å². The van der Waals surface area contributed by atoms with Crippen LogP contribution in [0.4, 0.5) is 0 Å². The fraction of sp³-hybridized carbons (Fsp3) is 0.0968. The van der Waals surface area contributed by atoms with Crippen molar-refractivity contribution in [3.63, 3.8) is 0 Å². The largest absolute Gasteiger partial charge is 0.507 e. The molecular formula is C31H25NO5. The van der Waals surface area contributed by atoms with Crippen molar-refractivity contribution in [2.24, 2.45) is 0 Å². The van der Waals surface area contributed by atoms with Crippen LogP contribution in [-0.2, 0) is 16.1 Å². The Labute approximate surface area is 215 Å². The predicted molar refractivity (Wildman–Crippen MR) is 140 cm³/mol. The summed E-state index contributed by atoms with van der Waals surface area (Å²) in [6.07, 6.45) is 0. The third kappa shape index (κ3) is 4.95. The number of aliphatic hydroxyl groups excluding tert-OH is 1. The summed E-state index contributed by atoms with van der Waals surface area (Å²) < 4.78 is 11.3. The van der Waals surface area contributed by atoms with Gasteiger partial charge in [-0.3, -0.25) is 9.59 Å². The Balaban J connectivity index is 1.62. The zero-order chi connectivity index (χ0) is 25.8. The fourth-order valence-electron chi connectivity index (χ4n) is 4.47. The zero-order valence-electron chi connectivity index (χ0n) is 20.2. The van der Waals surface area contributed by atoms with E-state index in [2.05, 4.69) is 0 Å². The Kier molecular flexibility index (Phi) is 6.72. The molecule has 1 heterocycles. The van der Waals surface area contributed by atoms with E-state index >= 15 is 0 Å². The van der Waals surface area contributed by atoms with E-state index in [9.17, 15) is 14.7 Å². The van der Waals surface area contributed by atoms with Crippen molar-refractivity contribution in [3.05, 3.63) is 131 Å². The van der Waals surface area contributed by atoms with Gasteiger partial charge in [0.25, 0.3) is 11.7 Å². The standard InChI is InChI=1S/C31H25NO5/c1-36-25-16-9-13-23(19-25)29(33)27-28(32(31(35)30(27)34)20-21-10-4-2-5-11-21)22-12-8-17-26(18-22)37-24-14-6-3-7-15-24/h2-19,28,33H,20H2,1H3. The summed E-state index contributed by atoms with van der Waals surface area (Å²) in [6, 6.07) is 32.0. The van der Waals surface area contributed by atoms with Crippen LogP contribution < -0.4 is 9.47 Å². The molecule has 5 rings (SSSR count). The van der Waals surface area contributed by atoms with Crippen molar-refractivity contribution in [1.82, 2.24) is 4.90 Å². The van der Waals surface area contributed by atoms with Crippen LogP contribution in [-0.4, -0.2) is 28.8 Å². The van der Waals surface area contributed by atoms with Gasteiger partial charge in [-0.2, -0.15) is 0 Å². The smallest absolute Gasteiger partial charge is 0.295 e. The minimum Gasteiger partial charge on any atom is -0.507 e. The van der Waals surface area contributed by atoms with E-state index in [4.69, 9.17) is 9.47 Å². The van der Waals surface area contributed by atoms with Gasteiger partial charge in [0.15, 0.2) is 0 Å². The van der Waals surface area contributed by atoms with Gasteiger partial charge in [0.05, 0.1) is 18.7 Å². The minimum absolute atomic E-state index is 0.0195. The topological polar surface area (TPSA) is 76.1 Å². The summed E-state index contributed by atoms with van der Waals surface area (Å²) in [5.41, 5.74) is 1.92. The summed E-state index contributed by atoms with van der Waals surface area (Å²) in [7, 11) is 1.52. The summed E-state index contributed by atoms with van der Waals surface area (Å²) in [4.78, 5) is 28.2. The van der Waals surface area contributed by atoms with Crippen LogP contribution in [0.5, 0.6) is 17.2 Å². The lowest BCUT2D eigenvalue weighted by molar-refractivity contribution is -0.140. The van der Waals surface area contributed by atoms with Gasteiger partial charge in [-0.05, 0) is 47.5 Å². The maximum atomic E-state index is 13.4. The highest BCUT2D eigenvalue weighted by Crippen LogP contribution is 2.41. The molecule has 1 unspecified atom stereocenters. The lowest BCUT2D eigenvalue weighted by Crippen LogP contribution is -2.29. The first-order valence-corrected chi connectivity index (χ1v) is 11.8. The molecule has 1 aliphatic rings. The predicted octanol–water partition coefficient (Wildman–Crippen LogP) is 6.11. The van der Waals surface area contributed by atoms with E-state index in [0.29, 0.717) is 28.4 Å². The third-order valence-corrected chi connectivity index (χ3v) is 6.23. The van der Waals surface area contributed by atoms with Crippen molar-refractivity contribution >= 4 is 17.4 Å². The number of hydrogen-bond acceptors (Lipinski definition) is 5. The minimum atomic E-state index is -0.814. The molecule has 0 saturated carbocycles. The lowest BCUT2D eigenvalue weighted by atomic mass is 9.95. The Hall–Kier alpha value is -4.84. The number of aliphatic hydroxyl groups is 1. The molecule has 1 saturated heterocycles. The average molecular weight is 492 g/mol. The highest BCUT2D eigenvalue weighted by molar-refractivity contribution is 6.46. The number of amides is 1. The van der Waals surface area contributed by atoms with Gasteiger partial charge < -0.3 is 19.5 Å². The highest BCUT2D eigenvalue weighted by Gasteiger charge is 2.46. The quantitative estimate of drug-likeness (QED) is 0.192. The number of para-hydroxylation sites is 1. The first kappa shape index (κ1) is 23.9. The van der Waals surface area contributed by atoms with E-state index in [1.165, 1.54) is 12.0 Å². The molecule has 1 amide bonds. The van der Waals surface area contributed by atoms with Gasteiger partial charge in [0, 0.05) is 12.1 Å². The van der Waals surface area contributed by atoms with Crippen molar-refractivity contribution < 1.29 is 24.2 Å². The van der Waals surface area contributed by atoms with Gasteiger partial charge >= 0.3 is 0 Å². The molecule has 37 heavy (non-hydrogen) atoms. The Morgan fingerprint density at radius 3 is 2.16 bits per heavy atom. The molecule has 1 N–H and O–H groups in total. The third-order valence-electron chi connectivity index (χ3n) is 6.23. The van der Waals surface area contributed by atoms with E-state index < -0.39 is 17.7 Å². The number of ether oxygens (including phenoxy) is 2. The summed E-state index contributed by atoms with van der Waals surface area (Å²) in [6.45, 7) is 0.203. The molecule has 184 valence electrons. The number of ketones is 1. The molecule has 6 nitrogen and oxygen atoms in total. The van der Waals surface area contributed by atoms with Crippen molar-refractivity contribution in [3.8, 4) is 17.2 Å². The normalized spacial score (nSPS) is 16.6. The number of carbonyl (C=O) groups excluding carboxylic acids is 2. The number of rotatable bonds is 7. The summed E-state index contributed by atoms with van der Waals surface area (Å²) in [5, 5.41) is 11.3. The van der Waals surface area contributed by atoms with E-state index in [1.807, 2.05) is 78.9 Å². The Morgan fingerprint density at radius 2 is 1.43 bits per heavy atom. The number of carbonyl (C=O) groups is 2. The Bertz CT molecular complexity index is 1460. The number of hydrogen-bond donors (Lipinski definition) is 1. The number of likely N-dealkylation sites (tertiary alicyclic amines) is 1. The maximum Gasteiger partial charge on any atom is 0.295 e. The van der Waals surface area contributed by atoms with E-state index in [1.54, 1.807) is 30.3 Å². The van der Waals surface area contributed by atoms with Gasteiger partial charge in [-0.15, -0.1) is 0 Å². The molecule has 0 bridgehead atoms. The van der Waals surface area contributed by atoms with Crippen LogP contribution in [0.1, 0.15) is 22.7 Å². The monoisotopic (exact) mass is 491 g/mol. The van der Waals surface area contributed by atoms with Crippen LogP contribution in [0.3, 0.4) is 0 Å². The molecule has 0 spiro atoms. The van der Waals surface area contributed by atoms with Crippen LogP contribution in [0, 0.1) is 0 Å². The highest BCUT2D eigenvalue weighted by atomic mass is 16.5. The average Bonchev–Trinajstić information content (AvgIpc) is 3.19. The van der Waals surface area contributed by atoms with Gasteiger partial charge in [0.2, 0.25) is 0 Å². The maximum absolute atomic E-state index is 13.4. The molecule has 1 fully saturated rings. The van der Waals surface area contributed by atoms with Crippen molar-refractivity contribution in [1.29, 1.82) is 0 Å². The fourth-order valence-corrected chi connectivity index (χ4v) is 4.47. The number of nitrogens with zero attached hydrogens (tertiary/aromatic N) is 1. The molecule has 6 heteroatoms. The molecule has 0 aromatic heterocycles. The first-order valence-electron chi connectivity index (χ1n) is 11.8. The van der Waals surface area contributed by atoms with Crippen molar-refractivity contribution in [2.75, 3.05) is 7.11 Å². The van der Waals surface area contributed by atoms with E-state index in [0.717, 1.165) is 5.56 Å². The molecule has 4 aromatic carbocycles. The number of Topliss-reactive ketones (excluding diaryl/α,β-unsaturated/α-hetero) is 1. The molecule has 1 aliphatic heterocycles. The molecule has 4 aromatic rings. The second-order valence-corrected chi connectivity index (χ2v) is 8.63. The zero-order valence-corrected chi connectivity index (χ0v) is 20.2.